The fourth-order valence-corrected chi connectivity index (χ4v) is 3.10. The van der Waals surface area contributed by atoms with E-state index in [2.05, 4.69) is 30.8 Å². The van der Waals surface area contributed by atoms with Crippen LogP contribution in [0.4, 0.5) is 17.3 Å². The Morgan fingerprint density at radius 3 is 2.53 bits per heavy atom. The van der Waals surface area contributed by atoms with Crippen LogP contribution >= 0.6 is 0 Å². The first-order chi connectivity index (χ1) is 16.6. The van der Waals surface area contributed by atoms with E-state index in [9.17, 15) is 4.79 Å². The minimum atomic E-state index is 0.0631. The third kappa shape index (κ3) is 5.39. The number of aromatic amines is 1. The van der Waals surface area contributed by atoms with Crippen LogP contribution in [-0.2, 0) is 4.79 Å². The van der Waals surface area contributed by atoms with Crippen LogP contribution in [-0.4, -0.2) is 40.3 Å². The Labute approximate surface area is 195 Å². The predicted molar refractivity (Wildman–Crippen MR) is 127 cm³/mol. The van der Waals surface area contributed by atoms with E-state index in [-0.39, 0.29) is 17.6 Å². The number of carbonyl (C=O) groups is 1. The van der Waals surface area contributed by atoms with Gasteiger partial charge in [0.2, 0.25) is 11.7 Å². The molecule has 0 spiro atoms. The summed E-state index contributed by atoms with van der Waals surface area (Å²) in [5.74, 6) is 2.70. The van der Waals surface area contributed by atoms with E-state index in [1.54, 1.807) is 7.11 Å². The number of para-hydroxylation sites is 1. The number of amides is 1. The number of benzene rings is 2. The van der Waals surface area contributed by atoms with Crippen LogP contribution in [0.25, 0.3) is 10.9 Å². The molecule has 0 saturated heterocycles. The Bertz CT molecular complexity index is 1320. The van der Waals surface area contributed by atoms with E-state index in [4.69, 9.17) is 14.7 Å². The van der Waals surface area contributed by atoms with Gasteiger partial charge in [-0.05, 0) is 49.2 Å². The molecule has 10 nitrogen and oxygen atoms in total. The lowest BCUT2D eigenvalue weighted by Crippen LogP contribution is -2.12. The standard InChI is InChI=1S/C13H10N6O.C11H13NO2/c1-20-10-7-15-11(6-14)16-13(10)17-12-8-4-2-3-5-9(8)18-19-12;1-14-10-6-4-9(5-7-10)12-11(13)8-2-3-8/h2-5,7H,1H3,(H2,15,16,17,18,19);4-8H,2-3H2,1H3,(H,12,13). The minimum absolute atomic E-state index is 0.0631. The first-order valence-electron chi connectivity index (χ1n) is 10.6. The second-order valence-corrected chi connectivity index (χ2v) is 7.46. The highest BCUT2D eigenvalue weighted by atomic mass is 16.5. The zero-order valence-corrected chi connectivity index (χ0v) is 18.7. The molecular weight excluding hydrogens is 434 g/mol. The van der Waals surface area contributed by atoms with Gasteiger partial charge < -0.3 is 20.1 Å². The van der Waals surface area contributed by atoms with E-state index >= 15 is 0 Å². The van der Waals surface area contributed by atoms with Crippen molar-refractivity contribution in [3.05, 3.63) is 60.6 Å². The summed E-state index contributed by atoms with van der Waals surface area (Å²) < 4.78 is 10.2. The summed E-state index contributed by atoms with van der Waals surface area (Å²) in [5.41, 5.74) is 1.74. The van der Waals surface area contributed by atoms with Gasteiger partial charge in [-0.15, -0.1) is 0 Å². The van der Waals surface area contributed by atoms with Gasteiger partial charge in [0.25, 0.3) is 0 Å². The smallest absolute Gasteiger partial charge is 0.234 e. The van der Waals surface area contributed by atoms with Crippen molar-refractivity contribution in [3.8, 4) is 17.6 Å². The summed E-state index contributed by atoms with van der Waals surface area (Å²) in [6.45, 7) is 0. The molecule has 1 saturated carbocycles. The molecule has 4 aromatic rings. The Morgan fingerprint density at radius 1 is 1.09 bits per heavy atom. The second-order valence-electron chi connectivity index (χ2n) is 7.46. The molecule has 0 atom stereocenters. The molecule has 10 heteroatoms. The maximum Gasteiger partial charge on any atom is 0.234 e. The second kappa shape index (κ2) is 10.3. The van der Waals surface area contributed by atoms with Gasteiger partial charge in [0.15, 0.2) is 17.4 Å². The van der Waals surface area contributed by atoms with Gasteiger partial charge in [0.1, 0.15) is 11.8 Å². The topological polar surface area (TPSA) is 138 Å². The van der Waals surface area contributed by atoms with E-state index in [1.165, 1.54) is 13.3 Å². The van der Waals surface area contributed by atoms with Crippen LogP contribution in [0.15, 0.2) is 54.7 Å². The summed E-state index contributed by atoms with van der Waals surface area (Å²) in [4.78, 5) is 19.3. The molecule has 172 valence electrons. The molecule has 1 aliphatic carbocycles. The fourth-order valence-electron chi connectivity index (χ4n) is 3.10. The molecule has 0 unspecified atom stereocenters. The summed E-state index contributed by atoms with van der Waals surface area (Å²) in [6.07, 6.45) is 3.51. The highest BCUT2D eigenvalue weighted by molar-refractivity contribution is 5.94. The lowest BCUT2D eigenvalue weighted by molar-refractivity contribution is -0.117. The summed E-state index contributed by atoms with van der Waals surface area (Å²) >= 11 is 0. The maximum absolute atomic E-state index is 11.4. The molecule has 3 N–H and O–H groups in total. The van der Waals surface area contributed by atoms with Crippen molar-refractivity contribution in [3.63, 3.8) is 0 Å². The van der Waals surface area contributed by atoms with Crippen LogP contribution in [0.1, 0.15) is 18.7 Å². The van der Waals surface area contributed by atoms with E-state index in [0.29, 0.717) is 17.4 Å². The summed E-state index contributed by atoms with van der Waals surface area (Å²) in [6, 6.07) is 16.9. The highest BCUT2D eigenvalue weighted by Crippen LogP contribution is 2.30. The summed E-state index contributed by atoms with van der Waals surface area (Å²) in [5, 5.41) is 22.8. The zero-order chi connectivity index (χ0) is 23.9. The number of carbonyl (C=O) groups excluding carboxylic acids is 1. The summed E-state index contributed by atoms with van der Waals surface area (Å²) in [7, 11) is 3.14. The van der Waals surface area contributed by atoms with Crippen molar-refractivity contribution >= 4 is 34.1 Å². The average molecular weight is 457 g/mol. The van der Waals surface area contributed by atoms with Gasteiger partial charge in [-0.2, -0.15) is 15.3 Å². The molecule has 34 heavy (non-hydrogen) atoms. The van der Waals surface area contributed by atoms with Gasteiger partial charge in [-0.3, -0.25) is 9.89 Å². The van der Waals surface area contributed by atoms with Crippen molar-refractivity contribution in [2.45, 2.75) is 12.8 Å². The van der Waals surface area contributed by atoms with Gasteiger partial charge in [0.05, 0.1) is 25.9 Å². The quantitative estimate of drug-likeness (QED) is 0.395. The lowest BCUT2D eigenvalue weighted by atomic mass is 10.2. The van der Waals surface area contributed by atoms with Crippen LogP contribution in [0, 0.1) is 17.2 Å². The SMILES string of the molecule is COc1ccc(NC(=O)C2CC2)cc1.COc1cnc(C#N)nc1Nc1n[nH]c2ccccc12. The molecular formula is C24H23N7O3. The number of hydrogen-bond donors (Lipinski definition) is 3. The molecule has 1 aliphatic rings. The number of fused-ring (bicyclic) bond motifs is 1. The highest BCUT2D eigenvalue weighted by Gasteiger charge is 2.29. The van der Waals surface area contributed by atoms with Crippen molar-refractivity contribution in [1.29, 1.82) is 5.26 Å². The molecule has 0 radical (unpaired) electrons. The maximum atomic E-state index is 11.4. The van der Waals surface area contributed by atoms with Crippen molar-refractivity contribution in [2.75, 3.05) is 24.9 Å². The Hall–Kier alpha value is -4.65. The third-order valence-electron chi connectivity index (χ3n) is 5.09. The number of aromatic nitrogens is 4. The van der Waals surface area contributed by atoms with Crippen molar-refractivity contribution < 1.29 is 14.3 Å². The molecule has 1 fully saturated rings. The number of rotatable bonds is 6. The third-order valence-corrected chi connectivity index (χ3v) is 5.09. The largest absolute Gasteiger partial charge is 0.497 e. The Kier molecular flexibility index (Phi) is 6.84. The van der Waals surface area contributed by atoms with E-state index in [0.717, 1.165) is 35.2 Å². The first-order valence-corrected chi connectivity index (χ1v) is 10.6. The van der Waals surface area contributed by atoms with Crippen molar-refractivity contribution in [1.82, 2.24) is 20.2 Å². The molecule has 0 bridgehead atoms. The minimum Gasteiger partial charge on any atom is -0.497 e. The Morgan fingerprint density at radius 2 is 1.85 bits per heavy atom. The van der Waals surface area contributed by atoms with E-state index in [1.807, 2.05) is 54.6 Å². The fraction of sp³-hybridized carbons (Fsp3) is 0.208. The van der Waals surface area contributed by atoms with Crippen molar-refractivity contribution in [2.24, 2.45) is 5.92 Å². The number of nitrogens with zero attached hydrogens (tertiary/aromatic N) is 4. The van der Waals surface area contributed by atoms with Gasteiger partial charge >= 0.3 is 0 Å². The predicted octanol–water partition coefficient (Wildman–Crippen LogP) is 4.02. The molecule has 1 amide bonds. The van der Waals surface area contributed by atoms with Gasteiger partial charge in [-0.1, -0.05) is 12.1 Å². The van der Waals surface area contributed by atoms with Gasteiger partial charge in [-0.25, -0.2) is 4.98 Å². The van der Waals surface area contributed by atoms with Crippen LogP contribution in [0.2, 0.25) is 0 Å². The number of hydrogen-bond acceptors (Lipinski definition) is 8. The number of nitrogens with one attached hydrogen (secondary N) is 3. The zero-order valence-electron chi connectivity index (χ0n) is 18.7. The van der Waals surface area contributed by atoms with Crippen LogP contribution in [0.3, 0.4) is 0 Å². The van der Waals surface area contributed by atoms with Crippen LogP contribution in [0.5, 0.6) is 11.5 Å². The monoisotopic (exact) mass is 457 g/mol. The number of ether oxygens (including phenoxy) is 2. The number of anilines is 3. The normalized spacial score (nSPS) is 12.1. The molecule has 2 aromatic carbocycles. The number of H-pyrrole nitrogens is 1. The molecule has 2 aromatic heterocycles. The van der Waals surface area contributed by atoms with Crippen LogP contribution < -0.4 is 20.1 Å². The molecule has 0 aliphatic heterocycles. The number of nitriles is 1. The Balaban J connectivity index is 0.000000172. The molecule has 2 heterocycles. The average Bonchev–Trinajstić information content (AvgIpc) is 3.66. The van der Waals surface area contributed by atoms with E-state index < -0.39 is 0 Å². The number of methoxy groups -OCH3 is 2. The molecule has 5 rings (SSSR count). The van der Waals surface area contributed by atoms with Gasteiger partial charge in [0, 0.05) is 17.0 Å². The lowest BCUT2D eigenvalue weighted by Gasteiger charge is -2.07. The first kappa shape index (κ1) is 22.5.